The number of carbonyl (C=O) groups is 2. The van der Waals surface area contributed by atoms with E-state index >= 15 is 0 Å². The smallest absolute Gasteiger partial charge is 0.411 e. The molecule has 7 nitrogen and oxygen atoms in total. The molecule has 1 aromatic heterocycles. The summed E-state index contributed by atoms with van der Waals surface area (Å²) in [6.07, 6.45) is 0.992. The van der Waals surface area contributed by atoms with Crippen molar-refractivity contribution in [3.05, 3.63) is 89.5 Å². The monoisotopic (exact) mass is 377 g/mol. The van der Waals surface area contributed by atoms with Crippen molar-refractivity contribution in [2.24, 2.45) is 0 Å². The van der Waals surface area contributed by atoms with E-state index in [-0.39, 0.29) is 13.0 Å². The number of hydrogen-bond acceptors (Lipinski definition) is 4. The number of nitrogens with one attached hydrogen (secondary N) is 1. The maximum Gasteiger partial charge on any atom is 0.411 e. The van der Waals surface area contributed by atoms with E-state index < -0.39 is 24.1 Å². The maximum atomic E-state index is 13.0. The number of nitrogens with zero attached hydrogens (tertiary/aromatic N) is 2. The molecule has 2 aromatic carbocycles. The predicted octanol–water partition coefficient (Wildman–Crippen LogP) is 3.15. The molecule has 2 atom stereocenters. The van der Waals surface area contributed by atoms with Crippen LogP contribution in [-0.4, -0.2) is 38.1 Å². The van der Waals surface area contributed by atoms with Gasteiger partial charge in [0.2, 0.25) is 0 Å². The SMILES string of the molecule is O=C(O)[C@@H]1Cc2[nH]cnc2[C@H](c2ccccc2)N1C(=O)OCc1ccccc1. The number of rotatable bonds is 4. The van der Waals surface area contributed by atoms with Gasteiger partial charge in [-0.3, -0.25) is 4.90 Å². The third-order valence-corrected chi connectivity index (χ3v) is 4.84. The molecule has 28 heavy (non-hydrogen) atoms. The topological polar surface area (TPSA) is 95.5 Å². The summed E-state index contributed by atoms with van der Waals surface area (Å²) >= 11 is 0. The Kier molecular flexibility index (Phi) is 4.80. The standard InChI is InChI=1S/C21H19N3O4/c25-20(26)17-11-16-18(23-13-22-16)19(15-9-5-2-6-10-15)24(17)21(27)28-12-14-7-3-1-4-8-14/h1-10,13,17,19H,11-12H2,(H,22,23)(H,25,26)/t17-,19-/m0/s1. The van der Waals surface area contributed by atoms with Gasteiger partial charge < -0.3 is 14.8 Å². The van der Waals surface area contributed by atoms with E-state index in [9.17, 15) is 14.7 Å². The first-order valence-corrected chi connectivity index (χ1v) is 8.94. The number of ether oxygens (including phenoxy) is 1. The normalized spacial score (nSPS) is 18.4. The Bertz CT molecular complexity index is 972. The van der Waals surface area contributed by atoms with Crippen molar-refractivity contribution in [2.75, 3.05) is 0 Å². The molecule has 7 heteroatoms. The Morgan fingerprint density at radius 1 is 1.11 bits per heavy atom. The van der Waals surface area contributed by atoms with E-state index in [0.717, 1.165) is 11.1 Å². The van der Waals surface area contributed by atoms with Gasteiger partial charge in [0.25, 0.3) is 0 Å². The van der Waals surface area contributed by atoms with Crippen LogP contribution in [0.15, 0.2) is 67.0 Å². The summed E-state index contributed by atoms with van der Waals surface area (Å²) in [7, 11) is 0. The van der Waals surface area contributed by atoms with Crippen molar-refractivity contribution in [3.8, 4) is 0 Å². The number of H-pyrrole nitrogens is 1. The summed E-state index contributed by atoms with van der Waals surface area (Å²) in [6, 6.07) is 16.8. The molecule has 0 unspecified atom stereocenters. The number of imidazole rings is 1. The van der Waals surface area contributed by atoms with E-state index in [0.29, 0.717) is 11.4 Å². The number of aromatic amines is 1. The Hall–Kier alpha value is -3.61. The number of carboxylic acid groups (broad SMARTS) is 1. The highest BCUT2D eigenvalue weighted by molar-refractivity contribution is 5.82. The second-order valence-electron chi connectivity index (χ2n) is 6.59. The van der Waals surface area contributed by atoms with Crippen LogP contribution in [-0.2, 0) is 22.6 Å². The molecule has 2 heterocycles. The third-order valence-electron chi connectivity index (χ3n) is 4.84. The van der Waals surface area contributed by atoms with Gasteiger partial charge >= 0.3 is 12.1 Å². The van der Waals surface area contributed by atoms with E-state index in [1.54, 1.807) is 0 Å². The number of carboxylic acids is 1. The van der Waals surface area contributed by atoms with Crippen molar-refractivity contribution in [2.45, 2.75) is 25.1 Å². The lowest BCUT2D eigenvalue weighted by Crippen LogP contribution is -2.51. The summed E-state index contributed by atoms with van der Waals surface area (Å²) in [5.74, 6) is -1.09. The van der Waals surface area contributed by atoms with Crippen molar-refractivity contribution < 1.29 is 19.4 Å². The van der Waals surface area contributed by atoms with Gasteiger partial charge in [0.1, 0.15) is 18.7 Å². The zero-order valence-electron chi connectivity index (χ0n) is 15.0. The summed E-state index contributed by atoms with van der Waals surface area (Å²) < 4.78 is 5.48. The molecule has 0 bridgehead atoms. The van der Waals surface area contributed by atoms with Crippen LogP contribution in [0.25, 0.3) is 0 Å². The van der Waals surface area contributed by atoms with Crippen LogP contribution in [0.3, 0.4) is 0 Å². The van der Waals surface area contributed by atoms with Crippen molar-refractivity contribution in [3.63, 3.8) is 0 Å². The first-order valence-electron chi connectivity index (χ1n) is 8.94. The van der Waals surface area contributed by atoms with Crippen LogP contribution in [0.1, 0.15) is 28.6 Å². The first kappa shape index (κ1) is 17.8. The lowest BCUT2D eigenvalue weighted by molar-refractivity contribution is -0.143. The molecule has 1 amide bonds. The predicted molar refractivity (Wildman–Crippen MR) is 100 cm³/mol. The number of aromatic nitrogens is 2. The molecule has 0 saturated carbocycles. The second kappa shape index (κ2) is 7.56. The van der Waals surface area contributed by atoms with Crippen molar-refractivity contribution >= 4 is 12.1 Å². The Balaban J connectivity index is 1.69. The average molecular weight is 377 g/mol. The van der Waals surface area contributed by atoms with Gasteiger partial charge in [-0.05, 0) is 11.1 Å². The fourth-order valence-corrected chi connectivity index (χ4v) is 3.52. The highest BCUT2D eigenvalue weighted by Gasteiger charge is 2.44. The third kappa shape index (κ3) is 3.34. The number of fused-ring (bicyclic) bond motifs is 1. The minimum atomic E-state index is -1.09. The summed E-state index contributed by atoms with van der Waals surface area (Å²) in [6.45, 7) is 0.0669. The molecule has 1 aliphatic rings. The molecule has 1 aliphatic heterocycles. The lowest BCUT2D eigenvalue weighted by atomic mass is 9.91. The summed E-state index contributed by atoms with van der Waals surface area (Å²) in [4.78, 5) is 33.6. The van der Waals surface area contributed by atoms with Gasteiger partial charge in [0.15, 0.2) is 0 Å². The Morgan fingerprint density at radius 2 is 1.79 bits per heavy atom. The first-order chi connectivity index (χ1) is 13.6. The van der Waals surface area contributed by atoms with Crippen LogP contribution in [0.4, 0.5) is 4.79 Å². The van der Waals surface area contributed by atoms with E-state index in [4.69, 9.17) is 4.74 Å². The molecular formula is C21H19N3O4. The quantitative estimate of drug-likeness (QED) is 0.728. The van der Waals surface area contributed by atoms with E-state index in [1.165, 1.54) is 11.2 Å². The van der Waals surface area contributed by atoms with Gasteiger partial charge in [-0.25, -0.2) is 14.6 Å². The van der Waals surface area contributed by atoms with Crippen molar-refractivity contribution in [1.29, 1.82) is 0 Å². The maximum absolute atomic E-state index is 13.0. The molecular weight excluding hydrogens is 358 g/mol. The molecule has 0 spiro atoms. The van der Waals surface area contributed by atoms with E-state index in [2.05, 4.69) is 9.97 Å². The minimum absolute atomic E-state index is 0.0669. The van der Waals surface area contributed by atoms with Gasteiger partial charge in [0.05, 0.1) is 12.0 Å². The van der Waals surface area contributed by atoms with Crippen LogP contribution >= 0.6 is 0 Å². The zero-order valence-corrected chi connectivity index (χ0v) is 15.0. The van der Waals surface area contributed by atoms with Crippen LogP contribution < -0.4 is 0 Å². The summed E-state index contributed by atoms with van der Waals surface area (Å²) in [5, 5.41) is 9.79. The fourth-order valence-electron chi connectivity index (χ4n) is 3.52. The van der Waals surface area contributed by atoms with Gasteiger partial charge in [-0.1, -0.05) is 60.7 Å². The second-order valence-corrected chi connectivity index (χ2v) is 6.59. The Morgan fingerprint density at radius 3 is 2.46 bits per heavy atom. The zero-order chi connectivity index (χ0) is 19.5. The van der Waals surface area contributed by atoms with Gasteiger partial charge in [-0.2, -0.15) is 0 Å². The van der Waals surface area contributed by atoms with E-state index in [1.807, 2.05) is 60.7 Å². The molecule has 2 N–H and O–H groups in total. The minimum Gasteiger partial charge on any atom is -0.480 e. The van der Waals surface area contributed by atoms with Crippen LogP contribution in [0.5, 0.6) is 0 Å². The highest BCUT2D eigenvalue weighted by Crippen LogP contribution is 2.36. The van der Waals surface area contributed by atoms with Gasteiger partial charge in [0, 0.05) is 12.1 Å². The van der Waals surface area contributed by atoms with Crippen LogP contribution in [0, 0.1) is 0 Å². The van der Waals surface area contributed by atoms with Gasteiger partial charge in [-0.15, -0.1) is 0 Å². The number of hydrogen-bond donors (Lipinski definition) is 2. The molecule has 4 rings (SSSR count). The molecule has 0 radical (unpaired) electrons. The van der Waals surface area contributed by atoms with Crippen LogP contribution in [0.2, 0.25) is 0 Å². The fraction of sp³-hybridized carbons (Fsp3) is 0.190. The lowest BCUT2D eigenvalue weighted by Gasteiger charge is -2.38. The number of benzene rings is 2. The number of carbonyl (C=O) groups excluding carboxylic acids is 1. The highest BCUT2D eigenvalue weighted by atomic mass is 16.6. The molecule has 3 aromatic rings. The van der Waals surface area contributed by atoms with Crippen molar-refractivity contribution in [1.82, 2.24) is 14.9 Å². The molecule has 142 valence electrons. The molecule has 0 fully saturated rings. The molecule has 0 aliphatic carbocycles. The average Bonchev–Trinajstić information content (AvgIpc) is 3.20. The number of aliphatic carboxylic acids is 1. The summed E-state index contributed by atoms with van der Waals surface area (Å²) in [5.41, 5.74) is 2.96. The molecule has 0 saturated heterocycles. The number of amides is 1. The largest absolute Gasteiger partial charge is 0.480 e. The Labute approximate surface area is 161 Å².